The second kappa shape index (κ2) is 3.97. The van der Waals surface area contributed by atoms with Crippen LogP contribution in [0.2, 0.25) is 5.02 Å². The molecule has 20 heavy (non-hydrogen) atoms. The van der Waals surface area contributed by atoms with E-state index >= 15 is 0 Å². The van der Waals surface area contributed by atoms with E-state index in [1.165, 1.54) is 17.5 Å². The first-order valence-electron chi connectivity index (χ1n) is 7.47. The standard InChI is InChI=1S/C16H19ClN2O/c1-9-8-19(15(20)16(2)4-3-5-16)14-10-6-18-7-11(17)13(10)12(9)14/h6-7,9,12,14H,3-5,8H2,1-2H3/t9-,12?,14+/m0/s1. The maximum atomic E-state index is 12.9. The van der Waals surface area contributed by atoms with E-state index in [0.717, 1.165) is 24.4 Å². The van der Waals surface area contributed by atoms with Crippen molar-refractivity contribution in [1.29, 1.82) is 0 Å². The minimum Gasteiger partial charge on any atom is -0.334 e. The van der Waals surface area contributed by atoms with Crippen LogP contribution in [0, 0.1) is 11.3 Å². The van der Waals surface area contributed by atoms with E-state index < -0.39 is 0 Å². The van der Waals surface area contributed by atoms with Gasteiger partial charge in [0.2, 0.25) is 5.91 Å². The molecule has 2 aliphatic carbocycles. The van der Waals surface area contributed by atoms with Gasteiger partial charge in [0.05, 0.1) is 11.1 Å². The van der Waals surface area contributed by atoms with Crippen LogP contribution in [-0.4, -0.2) is 22.3 Å². The molecule has 1 amide bonds. The normalized spacial score (nSPS) is 33.0. The predicted molar refractivity (Wildman–Crippen MR) is 77.6 cm³/mol. The maximum absolute atomic E-state index is 12.9. The molecule has 1 saturated heterocycles. The summed E-state index contributed by atoms with van der Waals surface area (Å²) in [4.78, 5) is 19.2. The molecule has 2 heterocycles. The molecular weight excluding hydrogens is 272 g/mol. The van der Waals surface area contributed by atoms with Gasteiger partial charge in [-0.25, -0.2) is 0 Å². The van der Waals surface area contributed by atoms with Gasteiger partial charge in [-0.1, -0.05) is 31.9 Å². The number of likely N-dealkylation sites (tertiary alicyclic amines) is 1. The summed E-state index contributed by atoms with van der Waals surface area (Å²) in [6.45, 7) is 5.20. The van der Waals surface area contributed by atoms with E-state index in [9.17, 15) is 4.79 Å². The molecule has 0 spiro atoms. The Kier molecular flexibility index (Phi) is 2.51. The highest BCUT2D eigenvalue weighted by Crippen LogP contribution is 2.60. The van der Waals surface area contributed by atoms with Gasteiger partial charge >= 0.3 is 0 Å². The molecule has 106 valence electrons. The van der Waals surface area contributed by atoms with E-state index in [0.29, 0.717) is 17.7 Å². The summed E-state index contributed by atoms with van der Waals surface area (Å²) in [6.07, 6.45) is 6.87. The maximum Gasteiger partial charge on any atom is 0.229 e. The molecule has 0 radical (unpaired) electrons. The first kappa shape index (κ1) is 12.6. The zero-order valence-corrected chi connectivity index (χ0v) is 12.7. The summed E-state index contributed by atoms with van der Waals surface area (Å²) >= 11 is 6.29. The first-order valence-corrected chi connectivity index (χ1v) is 7.85. The van der Waals surface area contributed by atoms with Gasteiger partial charge in [0.25, 0.3) is 0 Å². The summed E-state index contributed by atoms with van der Waals surface area (Å²) in [5, 5.41) is 0.764. The van der Waals surface area contributed by atoms with Crippen molar-refractivity contribution in [3.05, 3.63) is 28.5 Å². The zero-order valence-electron chi connectivity index (χ0n) is 11.9. The fourth-order valence-corrected chi connectivity index (χ4v) is 4.57. The number of hydrogen-bond donors (Lipinski definition) is 0. The van der Waals surface area contributed by atoms with Crippen LogP contribution in [0.3, 0.4) is 0 Å². The van der Waals surface area contributed by atoms with Crippen molar-refractivity contribution in [3.8, 4) is 0 Å². The summed E-state index contributed by atoms with van der Waals surface area (Å²) < 4.78 is 0. The van der Waals surface area contributed by atoms with Crippen molar-refractivity contribution in [3.63, 3.8) is 0 Å². The van der Waals surface area contributed by atoms with Crippen molar-refractivity contribution in [2.45, 2.75) is 45.1 Å². The number of aromatic nitrogens is 1. The van der Waals surface area contributed by atoms with Crippen molar-refractivity contribution in [1.82, 2.24) is 9.88 Å². The minimum absolute atomic E-state index is 0.115. The van der Waals surface area contributed by atoms with Gasteiger partial charge in [-0.3, -0.25) is 9.78 Å². The Bertz CT molecular complexity index is 596. The fourth-order valence-electron chi connectivity index (χ4n) is 4.27. The number of amides is 1. The topological polar surface area (TPSA) is 33.2 Å². The number of hydrogen-bond acceptors (Lipinski definition) is 2. The highest BCUT2D eigenvalue weighted by Gasteiger charge is 2.55. The molecular formula is C16H19ClN2O. The van der Waals surface area contributed by atoms with Crippen LogP contribution in [0.5, 0.6) is 0 Å². The Labute approximate surface area is 124 Å². The molecule has 3 nitrogen and oxygen atoms in total. The van der Waals surface area contributed by atoms with Crippen molar-refractivity contribution in [2.75, 3.05) is 6.54 Å². The summed E-state index contributed by atoms with van der Waals surface area (Å²) in [5.41, 5.74) is 2.28. The largest absolute Gasteiger partial charge is 0.334 e. The Hall–Kier alpha value is -1.09. The average Bonchev–Trinajstić information content (AvgIpc) is 2.64. The smallest absolute Gasteiger partial charge is 0.229 e. The van der Waals surface area contributed by atoms with Crippen LogP contribution in [0.15, 0.2) is 12.4 Å². The van der Waals surface area contributed by atoms with Gasteiger partial charge in [-0.2, -0.15) is 0 Å². The molecule has 1 aromatic heterocycles. The van der Waals surface area contributed by atoms with E-state index in [1.54, 1.807) is 6.20 Å². The lowest BCUT2D eigenvalue weighted by Crippen LogP contribution is -2.47. The zero-order chi connectivity index (χ0) is 14.1. The lowest BCUT2D eigenvalue weighted by Gasteiger charge is -2.45. The second-order valence-corrected chi connectivity index (χ2v) is 7.35. The van der Waals surface area contributed by atoms with Gasteiger partial charge in [-0.15, -0.1) is 0 Å². The molecule has 3 aliphatic rings. The van der Waals surface area contributed by atoms with Crippen LogP contribution in [-0.2, 0) is 4.79 Å². The number of pyridine rings is 1. The monoisotopic (exact) mass is 290 g/mol. The number of rotatable bonds is 1. The van der Waals surface area contributed by atoms with Crippen molar-refractivity contribution >= 4 is 17.5 Å². The van der Waals surface area contributed by atoms with Gasteiger partial charge in [0, 0.05) is 30.3 Å². The highest BCUT2D eigenvalue weighted by molar-refractivity contribution is 6.31. The van der Waals surface area contributed by atoms with Crippen LogP contribution in [0.1, 0.15) is 56.2 Å². The quantitative estimate of drug-likeness (QED) is 0.792. The average molecular weight is 291 g/mol. The van der Waals surface area contributed by atoms with Gasteiger partial charge in [0.15, 0.2) is 0 Å². The molecule has 0 bridgehead atoms. The van der Waals surface area contributed by atoms with Crippen molar-refractivity contribution in [2.24, 2.45) is 11.3 Å². The van der Waals surface area contributed by atoms with E-state index in [-0.39, 0.29) is 11.5 Å². The van der Waals surface area contributed by atoms with E-state index in [4.69, 9.17) is 11.6 Å². The van der Waals surface area contributed by atoms with Crippen molar-refractivity contribution < 1.29 is 4.79 Å². The molecule has 2 fully saturated rings. The molecule has 0 aromatic carbocycles. The van der Waals surface area contributed by atoms with E-state index in [1.807, 2.05) is 6.20 Å². The van der Waals surface area contributed by atoms with Gasteiger partial charge in [0.1, 0.15) is 0 Å². The van der Waals surface area contributed by atoms with Gasteiger partial charge in [-0.05, 0) is 29.9 Å². The Morgan fingerprint density at radius 3 is 2.85 bits per heavy atom. The summed E-state index contributed by atoms with van der Waals surface area (Å²) in [7, 11) is 0. The SMILES string of the molecule is C[C@H]1CN(C(=O)C2(C)CCC2)[C@@H]2c3cncc(Cl)c3C21. The number of carbonyl (C=O) groups is 1. The number of fused-ring (bicyclic) bond motifs is 4. The van der Waals surface area contributed by atoms with E-state index in [2.05, 4.69) is 23.7 Å². The molecule has 1 saturated carbocycles. The third-order valence-corrected chi connectivity index (χ3v) is 5.93. The first-order chi connectivity index (χ1) is 9.53. The van der Waals surface area contributed by atoms with Crippen LogP contribution >= 0.6 is 11.6 Å². The fraction of sp³-hybridized carbons (Fsp3) is 0.625. The molecule has 4 rings (SSSR count). The molecule has 1 aromatic rings. The Morgan fingerprint density at radius 2 is 2.20 bits per heavy atom. The molecule has 3 atom stereocenters. The lowest BCUT2D eigenvalue weighted by atomic mass is 9.68. The Balaban J connectivity index is 1.70. The molecule has 1 unspecified atom stereocenters. The van der Waals surface area contributed by atoms with Crippen LogP contribution in [0.4, 0.5) is 0 Å². The number of nitrogens with zero attached hydrogens (tertiary/aromatic N) is 2. The van der Waals surface area contributed by atoms with Crippen LogP contribution < -0.4 is 0 Å². The Morgan fingerprint density at radius 1 is 1.45 bits per heavy atom. The number of halogens is 1. The third kappa shape index (κ3) is 1.42. The summed E-state index contributed by atoms with van der Waals surface area (Å²) in [5.74, 6) is 1.24. The minimum atomic E-state index is -0.115. The lowest BCUT2D eigenvalue weighted by molar-refractivity contribution is -0.147. The highest BCUT2D eigenvalue weighted by atomic mass is 35.5. The predicted octanol–water partition coefficient (Wildman–Crippen LogP) is 3.54. The number of carbonyl (C=O) groups excluding carboxylic acids is 1. The second-order valence-electron chi connectivity index (χ2n) is 6.94. The molecule has 4 heteroatoms. The summed E-state index contributed by atoms with van der Waals surface area (Å²) in [6, 6.07) is 0.219. The third-order valence-electron chi connectivity index (χ3n) is 5.63. The molecule has 0 N–H and O–H groups in total. The van der Waals surface area contributed by atoms with Gasteiger partial charge < -0.3 is 4.90 Å². The molecule has 1 aliphatic heterocycles. The van der Waals surface area contributed by atoms with Crippen LogP contribution in [0.25, 0.3) is 0 Å².